The van der Waals surface area contributed by atoms with Crippen LogP contribution >= 0.6 is 11.6 Å². The summed E-state index contributed by atoms with van der Waals surface area (Å²) in [7, 11) is 0. The minimum absolute atomic E-state index is 0.150. The summed E-state index contributed by atoms with van der Waals surface area (Å²) in [4.78, 5) is 12.1. The van der Waals surface area contributed by atoms with E-state index < -0.39 is 5.82 Å². The summed E-state index contributed by atoms with van der Waals surface area (Å²) in [5, 5.41) is 6.70. The van der Waals surface area contributed by atoms with Crippen LogP contribution in [-0.4, -0.2) is 24.5 Å². The number of halogens is 2. The molecule has 0 unspecified atom stereocenters. The first kappa shape index (κ1) is 17.2. The second kappa shape index (κ2) is 6.97. The van der Waals surface area contributed by atoms with Crippen LogP contribution < -0.4 is 10.6 Å². The Kier molecular flexibility index (Phi) is 5.45. The summed E-state index contributed by atoms with van der Waals surface area (Å²) in [5.74, 6) is -0.758. The lowest BCUT2D eigenvalue weighted by atomic mass is 9.84. The normalized spacial score (nSPS) is 21.3. The summed E-state index contributed by atoms with van der Waals surface area (Å²) in [6.45, 7) is 7.65. The molecule has 0 heterocycles. The summed E-state index contributed by atoms with van der Waals surface area (Å²) in [6.07, 6.45) is 2.95. The van der Waals surface area contributed by atoms with E-state index in [-0.39, 0.29) is 22.5 Å². The topological polar surface area (TPSA) is 41.1 Å². The Hall–Kier alpha value is -1.13. The average molecular weight is 327 g/mol. The van der Waals surface area contributed by atoms with E-state index >= 15 is 0 Å². The van der Waals surface area contributed by atoms with Gasteiger partial charge in [0.2, 0.25) is 0 Å². The lowest BCUT2D eigenvalue weighted by Crippen LogP contribution is -2.53. The van der Waals surface area contributed by atoms with Gasteiger partial charge in [0.1, 0.15) is 5.82 Å². The first-order chi connectivity index (χ1) is 10.3. The molecule has 1 saturated carbocycles. The molecule has 1 aliphatic carbocycles. The molecule has 0 aliphatic heterocycles. The van der Waals surface area contributed by atoms with Crippen LogP contribution in [0.1, 0.15) is 50.4 Å². The van der Waals surface area contributed by atoms with Crippen molar-refractivity contribution < 1.29 is 9.18 Å². The zero-order valence-electron chi connectivity index (χ0n) is 13.4. The average Bonchev–Trinajstić information content (AvgIpc) is 2.39. The second-order valence-electron chi connectivity index (χ2n) is 6.90. The van der Waals surface area contributed by atoms with E-state index in [0.29, 0.717) is 11.5 Å². The van der Waals surface area contributed by atoms with Crippen molar-refractivity contribution in [1.82, 2.24) is 10.6 Å². The molecule has 0 spiro atoms. The summed E-state index contributed by atoms with van der Waals surface area (Å²) in [5.41, 5.74) is 0.570. The number of carbonyl (C=O) groups excluding carboxylic acids is 1. The Balaban J connectivity index is 1.76. The molecule has 1 aromatic rings. The summed E-state index contributed by atoms with van der Waals surface area (Å²) in [6, 6.07) is 4.48. The number of amides is 1. The van der Waals surface area contributed by atoms with Crippen LogP contribution in [0.4, 0.5) is 4.39 Å². The van der Waals surface area contributed by atoms with Crippen LogP contribution in [0.5, 0.6) is 0 Å². The third-order valence-electron chi connectivity index (χ3n) is 4.42. The molecule has 1 fully saturated rings. The van der Waals surface area contributed by atoms with Gasteiger partial charge in [-0.1, -0.05) is 32.4 Å². The van der Waals surface area contributed by atoms with E-state index in [1.165, 1.54) is 18.2 Å². The number of hydrogen-bond donors (Lipinski definition) is 2. The maximum atomic E-state index is 13.3. The maximum absolute atomic E-state index is 13.3. The van der Waals surface area contributed by atoms with E-state index in [9.17, 15) is 9.18 Å². The first-order valence-electron chi connectivity index (χ1n) is 7.79. The lowest BCUT2D eigenvalue weighted by molar-refractivity contribution is 0.0898. The van der Waals surface area contributed by atoms with Crippen molar-refractivity contribution in [3.05, 3.63) is 34.6 Å². The van der Waals surface area contributed by atoms with Gasteiger partial charge in [0.25, 0.3) is 5.91 Å². The number of hydrogen-bond acceptors (Lipinski definition) is 2. The van der Waals surface area contributed by atoms with Crippen LogP contribution in [0.3, 0.4) is 0 Å². The van der Waals surface area contributed by atoms with Crippen molar-refractivity contribution in [2.75, 3.05) is 6.54 Å². The molecule has 0 aromatic heterocycles. The van der Waals surface area contributed by atoms with Gasteiger partial charge in [-0.25, -0.2) is 4.39 Å². The standard InChI is InChI=1S/C17H24ClFN2O/c1-4-17(2,3)10-20-14-8-15(9-14)21-16(22)11-5-12(18)7-13(19)6-11/h5-7,14-15,20H,4,8-10H2,1-3H3,(H,21,22)/t14-,15-. The zero-order chi connectivity index (χ0) is 16.3. The Morgan fingerprint density at radius 3 is 2.59 bits per heavy atom. The van der Waals surface area contributed by atoms with Crippen molar-refractivity contribution in [2.24, 2.45) is 5.41 Å². The van der Waals surface area contributed by atoms with E-state index in [0.717, 1.165) is 25.8 Å². The van der Waals surface area contributed by atoms with E-state index in [1.54, 1.807) is 0 Å². The molecule has 0 bridgehead atoms. The number of carbonyl (C=O) groups is 1. The Morgan fingerprint density at radius 1 is 1.32 bits per heavy atom. The molecule has 22 heavy (non-hydrogen) atoms. The largest absolute Gasteiger partial charge is 0.349 e. The van der Waals surface area contributed by atoms with E-state index in [1.807, 2.05) is 0 Å². The van der Waals surface area contributed by atoms with Gasteiger partial charge in [-0.05, 0) is 42.9 Å². The minimum atomic E-state index is -0.493. The van der Waals surface area contributed by atoms with Gasteiger partial charge in [0, 0.05) is 29.2 Å². The number of nitrogens with one attached hydrogen (secondary N) is 2. The SMILES string of the molecule is CCC(C)(C)CN[C@H]1C[C@H](NC(=O)c2cc(F)cc(Cl)c2)C1. The molecular formula is C17H24ClFN2O. The molecule has 0 saturated heterocycles. The molecule has 0 atom stereocenters. The molecule has 1 aliphatic rings. The number of benzene rings is 1. The van der Waals surface area contributed by atoms with Crippen LogP contribution in [-0.2, 0) is 0 Å². The third-order valence-corrected chi connectivity index (χ3v) is 4.64. The smallest absolute Gasteiger partial charge is 0.251 e. The molecule has 1 amide bonds. The van der Waals surface area contributed by atoms with Crippen molar-refractivity contribution in [1.29, 1.82) is 0 Å². The molecule has 5 heteroatoms. The van der Waals surface area contributed by atoms with Crippen molar-refractivity contribution in [3.63, 3.8) is 0 Å². The van der Waals surface area contributed by atoms with Gasteiger partial charge in [-0.3, -0.25) is 4.79 Å². The van der Waals surface area contributed by atoms with Gasteiger partial charge in [0.15, 0.2) is 0 Å². The summed E-state index contributed by atoms with van der Waals surface area (Å²) < 4.78 is 13.3. The highest BCUT2D eigenvalue weighted by Crippen LogP contribution is 2.24. The fourth-order valence-corrected chi connectivity index (χ4v) is 2.62. The predicted octanol–water partition coefficient (Wildman–Crippen LogP) is 3.77. The van der Waals surface area contributed by atoms with Crippen LogP contribution in [0.25, 0.3) is 0 Å². The highest BCUT2D eigenvalue weighted by molar-refractivity contribution is 6.31. The van der Waals surface area contributed by atoms with Gasteiger partial charge >= 0.3 is 0 Å². The fraction of sp³-hybridized carbons (Fsp3) is 0.588. The zero-order valence-corrected chi connectivity index (χ0v) is 14.1. The van der Waals surface area contributed by atoms with Crippen LogP contribution in [0.2, 0.25) is 5.02 Å². The van der Waals surface area contributed by atoms with Gasteiger partial charge < -0.3 is 10.6 Å². The quantitative estimate of drug-likeness (QED) is 0.835. The Labute approximate surface area is 136 Å². The van der Waals surface area contributed by atoms with Gasteiger partial charge in [-0.15, -0.1) is 0 Å². The molecule has 0 radical (unpaired) electrons. The lowest BCUT2D eigenvalue weighted by Gasteiger charge is -2.38. The second-order valence-corrected chi connectivity index (χ2v) is 7.33. The third kappa shape index (κ3) is 4.68. The molecule has 2 N–H and O–H groups in total. The Morgan fingerprint density at radius 2 is 2.00 bits per heavy atom. The van der Waals surface area contributed by atoms with Crippen molar-refractivity contribution in [2.45, 2.75) is 52.1 Å². The highest BCUT2D eigenvalue weighted by Gasteiger charge is 2.31. The summed E-state index contributed by atoms with van der Waals surface area (Å²) >= 11 is 5.77. The van der Waals surface area contributed by atoms with Crippen molar-refractivity contribution in [3.8, 4) is 0 Å². The predicted molar refractivity (Wildman–Crippen MR) is 87.8 cm³/mol. The van der Waals surface area contributed by atoms with Crippen molar-refractivity contribution >= 4 is 17.5 Å². The maximum Gasteiger partial charge on any atom is 0.251 e. The molecule has 122 valence electrons. The fourth-order valence-electron chi connectivity index (χ4n) is 2.40. The van der Waals surface area contributed by atoms with E-state index in [4.69, 9.17) is 11.6 Å². The molecule has 3 nitrogen and oxygen atoms in total. The highest BCUT2D eigenvalue weighted by atomic mass is 35.5. The first-order valence-corrected chi connectivity index (χ1v) is 8.17. The van der Waals surface area contributed by atoms with Crippen LogP contribution in [0.15, 0.2) is 18.2 Å². The monoisotopic (exact) mass is 326 g/mol. The van der Waals surface area contributed by atoms with Gasteiger partial charge in [0.05, 0.1) is 0 Å². The minimum Gasteiger partial charge on any atom is -0.349 e. The number of rotatable bonds is 6. The molecule has 2 rings (SSSR count). The Bertz CT molecular complexity index is 521. The molecule has 1 aromatic carbocycles. The van der Waals surface area contributed by atoms with Crippen LogP contribution in [0, 0.1) is 11.2 Å². The van der Waals surface area contributed by atoms with Gasteiger partial charge in [-0.2, -0.15) is 0 Å². The van der Waals surface area contributed by atoms with E-state index in [2.05, 4.69) is 31.4 Å². The molecular weight excluding hydrogens is 303 g/mol.